The first kappa shape index (κ1) is 10.4. The summed E-state index contributed by atoms with van der Waals surface area (Å²) >= 11 is 0. The minimum atomic E-state index is -1.34. The molecule has 0 saturated carbocycles. The van der Waals surface area contributed by atoms with Crippen LogP contribution in [0.4, 0.5) is 0 Å². The Morgan fingerprint density at radius 2 is 2.23 bits per heavy atom. The van der Waals surface area contributed by atoms with Crippen LogP contribution in [0.25, 0.3) is 0 Å². The molecule has 1 aliphatic rings. The molecular weight excluding hydrogens is 176 g/mol. The molecule has 1 saturated heterocycles. The number of hydrogen-bond acceptors (Lipinski definition) is 5. The van der Waals surface area contributed by atoms with Crippen molar-refractivity contribution in [1.29, 1.82) is 0 Å². The van der Waals surface area contributed by atoms with Crippen molar-refractivity contribution in [2.45, 2.75) is 11.7 Å². The second-order valence-electron chi connectivity index (χ2n) is 3.18. The van der Waals surface area contributed by atoms with Crippen LogP contribution in [0.3, 0.4) is 0 Å². The highest BCUT2D eigenvalue weighted by molar-refractivity contribution is 5.86. The summed E-state index contributed by atoms with van der Waals surface area (Å²) in [4.78, 5) is 11.2. The van der Waals surface area contributed by atoms with E-state index in [4.69, 9.17) is 10.2 Å². The van der Waals surface area contributed by atoms with Gasteiger partial charge in [-0.3, -0.25) is 4.79 Å². The zero-order chi connectivity index (χ0) is 9.90. The first-order valence-corrected chi connectivity index (χ1v) is 4.09. The number of hydrogen-bond donors (Lipinski definition) is 5. The monoisotopic (exact) mass is 190 g/mol. The van der Waals surface area contributed by atoms with Gasteiger partial charge in [0.05, 0.1) is 12.7 Å². The summed E-state index contributed by atoms with van der Waals surface area (Å²) in [6, 6.07) is 0. The van der Waals surface area contributed by atoms with E-state index in [1.807, 2.05) is 0 Å². The number of rotatable bonds is 4. The van der Waals surface area contributed by atoms with Gasteiger partial charge in [0, 0.05) is 19.6 Å². The Morgan fingerprint density at radius 3 is 2.62 bits per heavy atom. The zero-order valence-electron chi connectivity index (χ0n) is 7.16. The van der Waals surface area contributed by atoms with E-state index < -0.39 is 24.2 Å². The van der Waals surface area contributed by atoms with Crippen LogP contribution in [0, 0.1) is 0 Å². The molecule has 1 rings (SSSR count). The number of β-amino-alcohol motifs (C(OH)–C–C–N with tert-alkyl or cyclic N) is 1. The van der Waals surface area contributed by atoms with E-state index in [0.29, 0.717) is 0 Å². The van der Waals surface area contributed by atoms with Crippen LogP contribution in [0.5, 0.6) is 0 Å². The van der Waals surface area contributed by atoms with Gasteiger partial charge in [-0.1, -0.05) is 0 Å². The molecule has 1 aliphatic heterocycles. The Balaban J connectivity index is 2.25. The lowest BCUT2D eigenvalue weighted by Crippen LogP contribution is -2.67. The lowest BCUT2D eigenvalue weighted by molar-refractivity contribution is -0.145. The van der Waals surface area contributed by atoms with Crippen molar-refractivity contribution >= 4 is 5.91 Å². The van der Waals surface area contributed by atoms with Crippen LogP contribution in [0.1, 0.15) is 0 Å². The maximum atomic E-state index is 11.2. The SMILES string of the molecule is O=C(NCC(O)CO)C1(O)CNC1. The summed E-state index contributed by atoms with van der Waals surface area (Å²) in [5, 5.41) is 31.9. The van der Waals surface area contributed by atoms with Gasteiger partial charge in [-0.05, 0) is 0 Å². The number of aliphatic hydroxyl groups excluding tert-OH is 2. The maximum absolute atomic E-state index is 11.2. The largest absolute Gasteiger partial charge is 0.394 e. The van der Waals surface area contributed by atoms with Crippen LogP contribution in [0.15, 0.2) is 0 Å². The predicted molar refractivity (Wildman–Crippen MR) is 43.9 cm³/mol. The van der Waals surface area contributed by atoms with Gasteiger partial charge in [0.2, 0.25) is 0 Å². The lowest BCUT2D eigenvalue weighted by Gasteiger charge is -2.35. The number of nitrogens with one attached hydrogen (secondary N) is 2. The summed E-state index contributed by atoms with van der Waals surface area (Å²) in [6.07, 6.45) is -0.972. The van der Waals surface area contributed by atoms with Gasteiger partial charge < -0.3 is 26.0 Å². The standard InChI is InChI=1S/C7H14N2O4/c10-2-5(11)1-9-6(12)7(13)3-8-4-7/h5,8,10-11,13H,1-4H2,(H,9,12). The van der Waals surface area contributed by atoms with E-state index in [2.05, 4.69) is 10.6 Å². The summed E-state index contributed by atoms with van der Waals surface area (Å²) in [6.45, 7) is 0.0106. The summed E-state index contributed by atoms with van der Waals surface area (Å²) < 4.78 is 0. The Kier molecular flexibility index (Phi) is 3.21. The molecule has 0 aromatic heterocycles. The highest BCUT2D eigenvalue weighted by atomic mass is 16.3. The number of carbonyl (C=O) groups is 1. The molecule has 1 atom stereocenters. The van der Waals surface area contributed by atoms with E-state index in [0.717, 1.165) is 0 Å². The number of aliphatic hydroxyl groups is 3. The maximum Gasteiger partial charge on any atom is 0.254 e. The van der Waals surface area contributed by atoms with E-state index >= 15 is 0 Å². The van der Waals surface area contributed by atoms with Gasteiger partial charge in [-0.2, -0.15) is 0 Å². The van der Waals surface area contributed by atoms with Gasteiger partial charge in [0.1, 0.15) is 0 Å². The third kappa shape index (κ3) is 2.38. The lowest BCUT2D eigenvalue weighted by atomic mass is 9.96. The Labute approximate surface area is 75.6 Å². The van der Waals surface area contributed by atoms with Gasteiger partial charge in [-0.25, -0.2) is 0 Å². The fourth-order valence-electron chi connectivity index (χ4n) is 0.962. The van der Waals surface area contributed by atoms with Gasteiger partial charge in [0.15, 0.2) is 5.60 Å². The van der Waals surface area contributed by atoms with Crippen molar-refractivity contribution < 1.29 is 20.1 Å². The van der Waals surface area contributed by atoms with E-state index in [1.54, 1.807) is 0 Å². The van der Waals surface area contributed by atoms with E-state index in [9.17, 15) is 9.90 Å². The highest BCUT2D eigenvalue weighted by Crippen LogP contribution is 2.09. The Hall–Kier alpha value is -0.690. The molecule has 6 nitrogen and oxygen atoms in total. The third-order valence-corrected chi connectivity index (χ3v) is 1.97. The molecule has 0 spiro atoms. The van der Waals surface area contributed by atoms with E-state index in [1.165, 1.54) is 0 Å². The number of carbonyl (C=O) groups excluding carboxylic acids is 1. The Morgan fingerprint density at radius 1 is 1.62 bits per heavy atom. The van der Waals surface area contributed by atoms with Crippen molar-refractivity contribution in [2.24, 2.45) is 0 Å². The van der Waals surface area contributed by atoms with E-state index in [-0.39, 0.29) is 19.6 Å². The van der Waals surface area contributed by atoms with Crippen molar-refractivity contribution in [3.63, 3.8) is 0 Å². The predicted octanol–water partition coefficient (Wildman–Crippen LogP) is -3.21. The molecule has 13 heavy (non-hydrogen) atoms. The number of amides is 1. The fourth-order valence-corrected chi connectivity index (χ4v) is 0.962. The fraction of sp³-hybridized carbons (Fsp3) is 0.857. The molecule has 76 valence electrons. The molecule has 6 heteroatoms. The van der Waals surface area contributed by atoms with Crippen LogP contribution in [-0.2, 0) is 4.79 Å². The van der Waals surface area contributed by atoms with Crippen molar-refractivity contribution in [3.05, 3.63) is 0 Å². The minimum Gasteiger partial charge on any atom is -0.394 e. The first-order valence-electron chi connectivity index (χ1n) is 4.09. The van der Waals surface area contributed by atoms with Crippen molar-refractivity contribution in [3.8, 4) is 0 Å². The summed E-state index contributed by atoms with van der Waals surface area (Å²) in [5.41, 5.74) is -1.34. The average Bonchev–Trinajstić information content (AvgIpc) is 2.09. The molecule has 1 fully saturated rings. The van der Waals surface area contributed by atoms with Crippen LogP contribution in [0.2, 0.25) is 0 Å². The molecule has 0 aliphatic carbocycles. The average molecular weight is 190 g/mol. The second kappa shape index (κ2) is 4.01. The molecule has 1 heterocycles. The van der Waals surface area contributed by atoms with Crippen LogP contribution >= 0.6 is 0 Å². The van der Waals surface area contributed by atoms with Gasteiger partial charge in [0.25, 0.3) is 5.91 Å². The topological polar surface area (TPSA) is 102 Å². The van der Waals surface area contributed by atoms with Gasteiger partial charge in [-0.15, -0.1) is 0 Å². The van der Waals surface area contributed by atoms with Crippen molar-refractivity contribution in [1.82, 2.24) is 10.6 Å². The normalized spacial score (nSPS) is 21.8. The molecule has 0 bridgehead atoms. The van der Waals surface area contributed by atoms with Crippen molar-refractivity contribution in [2.75, 3.05) is 26.2 Å². The van der Waals surface area contributed by atoms with Gasteiger partial charge >= 0.3 is 0 Å². The molecule has 0 aromatic carbocycles. The molecule has 1 amide bonds. The minimum absolute atomic E-state index is 0.0440. The summed E-state index contributed by atoms with van der Waals surface area (Å²) in [5.74, 6) is -0.515. The molecule has 5 N–H and O–H groups in total. The highest BCUT2D eigenvalue weighted by Gasteiger charge is 2.41. The van der Waals surface area contributed by atoms with Crippen LogP contribution < -0.4 is 10.6 Å². The first-order chi connectivity index (χ1) is 6.08. The second-order valence-corrected chi connectivity index (χ2v) is 3.18. The smallest absolute Gasteiger partial charge is 0.254 e. The third-order valence-electron chi connectivity index (χ3n) is 1.97. The molecule has 1 unspecified atom stereocenters. The quantitative estimate of drug-likeness (QED) is 0.321. The molecular formula is C7H14N2O4. The zero-order valence-corrected chi connectivity index (χ0v) is 7.16. The summed E-state index contributed by atoms with van der Waals surface area (Å²) in [7, 11) is 0. The Bertz CT molecular complexity index is 193. The molecule has 0 radical (unpaired) electrons. The molecule has 0 aromatic rings. The van der Waals surface area contributed by atoms with Crippen LogP contribution in [-0.4, -0.2) is 59.2 Å².